The Morgan fingerprint density at radius 3 is 1.08 bits per heavy atom. The van der Waals surface area contributed by atoms with Gasteiger partial charge >= 0.3 is 11.9 Å². The number of hydrogen-bond donors (Lipinski definition) is 3. The normalized spacial score (nSPS) is 13.4. The standard InChI is InChI=1S/C43H84O5S2/c1-3-5-7-17-27-39(29-19-11-9-13-23-33-42(45)46)37-49-35-25-15-21-31-41(44)32-22-16-26-36-50-38-40(28-18-8-6-4-2)30-20-12-10-14-24-34-43(47)48/h39-41,44H,3-38H2,1-2H3,(H,45,46)(H,47,48). The number of thioether (sulfide) groups is 2. The minimum absolute atomic E-state index is 0.122. The van der Waals surface area contributed by atoms with Gasteiger partial charge in [0.1, 0.15) is 0 Å². The lowest BCUT2D eigenvalue weighted by molar-refractivity contribution is -0.138. The molecule has 298 valence electrons. The molecule has 0 aromatic heterocycles. The van der Waals surface area contributed by atoms with Crippen LogP contribution in [0.3, 0.4) is 0 Å². The van der Waals surface area contributed by atoms with Crippen molar-refractivity contribution >= 4 is 35.5 Å². The molecule has 0 heterocycles. The van der Waals surface area contributed by atoms with Crippen LogP contribution in [0.4, 0.5) is 0 Å². The Morgan fingerprint density at radius 1 is 0.420 bits per heavy atom. The molecule has 0 saturated heterocycles. The summed E-state index contributed by atoms with van der Waals surface area (Å²) < 4.78 is 0. The molecule has 2 unspecified atom stereocenters. The van der Waals surface area contributed by atoms with E-state index < -0.39 is 11.9 Å². The Morgan fingerprint density at radius 2 is 0.720 bits per heavy atom. The SMILES string of the molecule is CCCCCCC(CCCCCCCC(=O)O)CSCCCCCC(O)CCCCCSCC(CCCCCC)CCCCCCCC(=O)O. The third-order valence-corrected chi connectivity index (χ3v) is 12.9. The van der Waals surface area contributed by atoms with Gasteiger partial charge in [0.2, 0.25) is 0 Å². The zero-order valence-electron chi connectivity index (χ0n) is 33.2. The van der Waals surface area contributed by atoms with E-state index in [-0.39, 0.29) is 6.10 Å². The Hall–Kier alpha value is -0.400. The topological polar surface area (TPSA) is 94.8 Å². The molecule has 5 nitrogen and oxygen atoms in total. The third-order valence-electron chi connectivity index (χ3n) is 10.3. The van der Waals surface area contributed by atoms with Crippen LogP contribution < -0.4 is 0 Å². The van der Waals surface area contributed by atoms with Crippen molar-refractivity contribution in [3.8, 4) is 0 Å². The zero-order valence-corrected chi connectivity index (χ0v) is 34.8. The lowest BCUT2D eigenvalue weighted by atomic mass is 9.96. The molecule has 0 bridgehead atoms. The second kappa shape index (κ2) is 39.8. The first-order valence-electron chi connectivity index (χ1n) is 21.7. The van der Waals surface area contributed by atoms with Gasteiger partial charge in [-0.3, -0.25) is 9.59 Å². The highest BCUT2D eigenvalue weighted by Gasteiger charge is 2.11. The maximum Gasteiger partial charge on any atom is 0.303 e. The highest BCUT2D eigenvalue weighted by molar-refractivity contribution is 7.99. The first-order valence-corrected chi connectivity index (χ1v) is 24.0. The average molecular weight is 745 g/mol. The second-order valence-electron chi connectivity index (χ2n) is 15.3. The summed E-state index contributed by atoms with van der Waals surface area (Å²) in [5, 5.41) is 28.1. The van der Waals surface area contributed by atoms with E-state index in [1.807, 2.05) is 0 Å². The number of hydrogen-bond acceptors (Lipinski definition) is 5. The predicted molar refractivity (Wildman–Crippen MR) is 222 cm³/mol. The number of carboxylic acids is 2. The van der Waals surface area contributed by atoms with Gasteiger partial charge in [0.05, 0.1) is 6.10 Å². The molecule has 2 atom stereocenters. The quantitative estimate of drug-likeness (QED) is 0.0536. The van der Waals surface area contributed by atoms with Gasteiger partial charge in [-0.15, -0.1) is 0 Å². The average Bonchev–Trinajstić information content (AvgIpc) is 3.09. The molecular weight excluding hydrogens is 661 g/mol. The summed E-state index contributed by atoms with van der Waals surface area (Å²) in [6, 6.07) is 0. The van der Waals surface area contributed by atoms with E-state index in [9.17, 15) is 14.7 Å². The molecule has 0 aromatic carbocycles. The van der Waals surface area contributed by atoms with Crippen molar-refractivity contribution in [3.05, 3.63) is 0 Å². The van der Waals surface area contributed by atoms with E-state index in [0.717, 1.165) is 63.2 Å². The van der Waals surface area contributed by atoms with Crippen LogP contribution in [0, 0.1) is 11.8 Å². The fourth-order valence-corrected chi connectivity index (χ4v) is 9.47. The number of carbonyl (C=O) groups is 2. The summed E-state index contributed by atoms with van der Waals surface area (Å²) in [6.45, 7) is 4.57. The van der Waals surface area contributed by atoms with Crippen molar-refractivity contribution in [3.63, 3.8) is 0 Å². The molecule has 0 amide bonds. The number of aliphatic carboxylic acids is 2. The summed E-state index contributed by atoms with van der Waals surface area (Å²) in [7, 11) is 0. The van der Waals surface area contributed by atoms with E-state index in [1.54, 1.807) is 0 Å². The van der Waals surface area contributed by atoms with Crippen molar-refractivity contribution < 1.29 is 24.9 Å². The molecule has 0 aliphatic carbocycles. The van der Waals surface area contributed by atoms with Crippen molar-refractivity contribution in [2.75, 3.05) is 23.0 Å². The first-order chi connectivity index (χ1) is 24.4. The highest BCUT2D eigenvalue weighted by Crippen LogP contribution is 2.25. The molecule has 50 heavy (non-hydrogen) atoms. The fraction of sp³-hybridized carbons (Fsp3) is 0.953. The smallest absolute Gasteiger partial charge is 0.303 e. The van der Waals surface area contributed by atoms with Gasteiger partial charge in [0.25, 0.3) is 0 Å². The highest BCUT2D eigenvalue weighted by atomic mass is 32.2. The molecular formula is C43H84O5S2. The van der Waals surface area contributed by atoms with Crippen molar-refractivity contribution in [2.24, 2.45) is 11.8 Å². The molecule has 7 heteroatoms. The lowest BCUT2D eigenvalue weighted by Crippen LogP contribution is -2.07. The summed E-state index contributed by atoms with van der Waals surface area (Å²) in [5.74, 6) is 5.45. The molecule has 3 N–H and O–H groups in total. The molecule has 0 aliphatic heterocycles. The first kappa shape index (κ1) is 49.6. The molecule has 0 spiro atoms. The van der Waals surface area contributed by atoms with E-state index in [2.05, 4.69) is 37.4 Å². The van der Waals surface area contributed by atoms with E-state index in [4.69, 9.17) is 10.2 Å². The van der Waals surface area contributed by atoms with Gasteiger partial charge < -0.3 is 15.3 Å². The number of aliphatic hydroxyl groups excluding tert-OH is 1. The van der Waals surface area contributed by atoms with Gasteiger partial charge in [-0.1, -0.05) is 142 Å². The summed E-state index contributed by atoms with van der Waals surface area (Å²) in [6.07, 6.45) is 37.2. The zero-order chi connectivity index (χ0) is 36.8. The van der Waals surface area contributed by atoms with Crippen LogP contribution in [0.5, 0.6) is 0 Å². The molecule has 0 aliphatic rings. The third kappa shape index (κ3) is 38.8. The number of unbranched alkanes of at least 4 members (excludes halogenated alkanes) is 18. The fourth-order valence-electron chi connectivity index (χ4n) is 6.99. The van der Waals surface area contributed by atoms with Gasteiger partial charge in [0.15, 0.2) is 0 Å². The lowest BCUT2D eigenvalue weighted by Gasteiger charge is -2.17. The molecule has 0 fully saturated rings. The maximum atomic E-state index is 10.7. The van der Waals surface area contributed by atoms with Crippen LogP contribution in [-0.4, -0.2) is 56.4 Å². The Kier molecular flexibility index (Phi) is 39.5. The van der Waals surface area contributed by atoms with E-state index in [0.29, 0.717) is 12.8 Å². The molecule has 0 rings (SSSR count). The van der Waals surface area contributed by atoms with Gasteiger partial charge in [0, 0.05) is 12.8 Å². The number of aliphatic hydroxyl groups is 1. The van der Waals surface area contributed by atoms with Crippen LogP contribution in [-0.2, 0) is 9.59 Å². The van der Waals surface area contributed by atoms with Crippen LogP contribution in [0.15, 0.2) is 0 Å². The summed E-state index contributed by atoms with van der Waals surface area (Å²) in [4.78, 5) is 21.4. The van der Waals surface area contributed by atoms with Crippen LogP contribution in [0.2, 0.25) is 0 Å². The van der Waals surface area contributed by atoms with Crippen molar-refractivity contribution in [2.45, 2.75) is 225 Å². The monoisotopic (exact) mass is 745 g/mol. The van der Waals surface area contributed by atoms with Gasteiger partial charge in [-0.2, -0.15) is 23.5 Å². The minimum atomic E-state index is -0.665. The predicted octanol–water partition coefficient (Wildman–Crippen LogP) is 13.7. The van der Waals surface area contributed by atoms with Crippen molar-refractivity contribution in [1.29, 1.82) is 0 Å². The Balaban J connectivity index is 3.93. The van der Waals surface area contributed by atoms with Crippen molar-refractivity contribution in [1.82, 2.24) is 0 Å². The molecule has 0 radical (unpaired) electrons. The molecule has 0 saturated carbocycles. The summed E-state index contributed by atoms with van der Waals surface area (Å²) >= 11 is 4.30. The van der Waals surface area contributed by atoms with Gasteiger partial charge in [-0.25, -0.2) is 0 Å². The summed E-state index contributed by atoms with van der Waals surface area (Å²) in [5.41, 5.74) is 0. The van der Waals surface area contributed by atoms with Crippen LogP contribution >= 0.6 is 23.5 Å². The Labute approximate surface area is 319 Å². The maximum absolute atomic E-state index is 10.7. The number of rotatable bonds is 42. The minimum Gasteiger partial charge on any atom is -0.481 e. The number of carboxylic acid groups (broad SMARTS) is 2. The van der Waals surface area contributed by atoms with E-state index in [1.165, 1.54) is 164 Å². The molecule has 0 aromatic rings. The van der Waals surface area contributed by atoms with Crippen LogP contribution in [0.1, 0.15) is 219 Å². The van der Waals surface area contributed by atoms with Gasteiger partial charge in [-0.05, 0) is 99.1 Å². The largest absolute Gasteiger partial charge is 0.481 e. The van der Waals surface area contributed by atoms with E-state index >= 15 is 0 Å². The van der Waals surface area contributed by atoms with Crippen LogP contribution in [0.25, 0.3) is 0 Å². The Bertz CT molecular complexity index is 663. The second-order valence-corrected chi connectivity index (χ2v) is 17.6.